The Balaban J connectivity index is 1.78. The van der Waals surface area contributed by atoms with Gasteiger partial charge in [0.05, 0.1) is 17.0 Å². The maximum Gasteiger partial charge on any atom is 0.237 e. The third-order valence-corrected chi connectivity index (χ3v) is 7.57. The average molecular weight is 504 g/mol. The highest BCUT2D eigenvalue weighted by Crippen LogP contribution is 2.35. The molecule has 2 N–H and O–H groups in total. The SMILES string of the molecule is CC1CN(c2c(F)c(F)c(NCc3ccc(NS(=O)(=O)C(C)(C)C)cc3)c(F)c2F)CC(C)O1. The van der Waals surface area contributed by atoms with Crippen LogP contribution in [0.5, 0.6) is 0 Å². The second-order valence-electron chi connectivity index (χ2n) is 9.41. The van der Waals surface area contributed by atoms with Crippen molar-refractivity contribution in [3.8, 4) is 0 Å². The Hall–Kier alpha value is -2.53. The Labute approximate surface area is 197 Å². The van der Waals surface area contributed by atoms with Gasteiger partial charge >= 0.3 is 0 Å². The van der Waals surface area contributed by atoms with Gasteiger partial charge in [-0.15, -0.1) is 0 Å². The van der Waals surface area contributed by atoms with Crippen LogP contribution in [0.4, 0.5) is 34.6 Å². The van der Waals surface area contributed by atoms with Crippen molar-refractivity contribution in [2.45, 2.75) is 58.1 Å². The van der Waals surface area contributed by atoms with E-state index in [1.807, 2.05) is 0 Å². The number of hydrogen-bond acceptors (Lipinski definition) is 5. The number of morpholine rings is 1. The monoisotopic (exact) mass is 503 g/mol. The Kier molecular flexibility index (Phi) is 7.37. The first-order valence-electron chi connectivity index (χ1n) is 10.8. The van der Waals surface area contributed by atoms with E-state index in [2.05, 4.69) is 10.0 Å². The number of nitrogens with zero attached hydrogens (tertiary/aromatic N) is 1. The van der Waals surface area contributed by atoms with E-state index in [0.29, 0.717) is 11.3 Å². The molecule has 1 aliphatic rings. The average Bonchev–Trinajstić information content (AvgIpc) is 2.72. The lowest BCUT2D eigenvalue weighted by molar-refractivity contribution is -0.00566. The number of anilines is 3. The van der Waals surface area contributed by atoms with E-state index in [-0.39, 0.29) is 31.8 Å². The van der Waals surface area contributed by atoms with E-state index in [9.17, 15) is 26.0 Å². The molecule has 2 aromatic carbocycles. The molecular weight excluding hydrogens is 474 g/mol. The number of nitrogens with one attached hydrogen (secondary N) is 2. The van der Waals surface area contributed by atoms with Crippen LogP contribution in [-0.4, -0.2) is 38.5 Å². The smallest absolute Gasteiger partial charge is 0.237 e. The number of ether oxygens (including phenoxy) is 1. The van der Waals surface area contributed by atoms with Crippen molar-refractivity contribution < 1.29 is 30.7 Å². The molecule has 2 unspecified atom stereocenters. The van der Waals surface area contributed by atoms with Gasteiger partial charge in [0.1, 0.15) is 11.4 Å². The summed E-state index contributed by atoms with van der Waals surface area (Å²) in [5.41, 5.74) is -0.840. The summed E-state index contributed by atoms with van der Waals surface area (Å²) in [7, 11) is -3.62. The van der Waals surface area contributed by atoms with Crippen molar-refractivity contribution in [3.63, 3.8) is 0 Å². The van der Waals surface area contributed by atoms with Crippen LogP contribution in [0.1, 0.15) is 40.2 Å². The highest BCUT2D eigenvalue weighted by molar-refractivity contribution is 7.94. The van der Waals surface area contributed by atoms with Gasteiger partial charge in [-0.3, -0.25) is 4.72 Å². The molecule has 1 heterocycles. The van der Waals surface area contributed by atoms with Gasteiger partial charge in [-0.25, -0.2) is 26.0 Å². The lowest BCUT2D eigenvalue weighted by Crippen LogP contribution is -2.46. The Bertz CT molecular complexity index is 1110. The normalized spacial score (nSPS) is 19.3. The van der Waals surface area contributed by atoms with Crippen LogP contribution in [0.15, 0.2) is 24.3 Å². The maximum atomic E-state index is 14.8. The molecule has 34 heavy (non-hydrogen) atoms. The van der Waals surface area contributed by atoms with E-state index in [0.717, 1.165) is 0 Å². The minimum absolute atomic E-state index is 0.0924. The van der Waals surface area contributed by atoms with Gasteiger partial charge in [-0.05, 0) is 52.3 Å². The van der Waals surface area contributed by atoms with Gasteiger partial charge in [0.2, 0.25) is 10.0 Å². The van der Waals surface area contributed by atoms with Gasteiger partial charge in [-0.2, -0.15) is 0 Å². The molecule has 1 saturated heterocycles. The minimum Gasteiger partial charge on any atom is -0.376 e. The summed E-state index contributed by atoms with van der Waals surface area (Å²) in [6.07, 6.45) is -0.718. The van der Waals surface area contributed by atoms with Crippen LogP contribution < -0.4 is 14.9 Å². The van der Waals surface area contributed by atoms with Crippen LogP contribution in [0.25, 0.3) is 0 Å². The largest absolute Gasteiger partial charge is 0.376 e. The number of hydrogen-bond donors (Lipinski definition) is 2. The van der Waals surface area contributed by atoms with Crippen molar-refractivity contribution in [1.29, 1.82) is 0 Å². The molecule has 1 fully saturated rings. The summed E-state index contributed by atoms with van der Waals surface area (Å²) in [4.78, 5) is 1.25. The van der Waals surface area contributed by atoms with Crippen LogP contribution in [0, 0.1) is 23.3 Å². The van der Waals surface area contributed by atoms with Crippen LogP contribution in [0.2, 0.25) is 0 Å². The molecule has 0 spiro atoms. The van der Waals surface area contributed by atoms with Crippen molar-refractivity contribution in [3.05, 3.63) is 53.1 Å². The Morgan fingerprint density at radius 2 is 1.44 bits per heavy atom. The fraction of sp³-hybridized carbons (Fsp3) is 0.478. The molecule has 0 bridgehead atoms. The molecule has 0 amide bonds. The van der Waals surface area contributed by atoms with Gasteiger partial charge in [0.15, 0.2) is 23.3 Å². The van der Waals surface area contributed by atoms with Crippen LogP contribution >= 0.6 is 0 Å². The summed E-state index contributed by atoms with van der Waals surface area (Å²) in [6, 6.07) is 6.03. The molecule has 3 rings (SSSR count). The van der Waals surface area contributed by atoms with Crippen molar-refractivity contribution in [1.82, 2.24) is 0 Å². The zero-order valence-corrected chi connectivity index (χ0v) is 20.5. The van der Waals surface area contributed by atoms with Crippen molar-refractivity contribution in [2.24, 2.45) is 0 Å². The second-order valence-corrected chi connectivity index (χ2v) is 11.8. The van der Waals surface area contributed by atoms with Gasteiger partial charge in [0, 0.05) is 25.3 Å². The third-order valence-electron chi connectivity index (χ3n) is 5.46. The van der Waals surface area contributed by atoms with E-state index >= 15 is 0 Å². The molecule has 0 saturated carbocycles. The first-order chi connectivity index (χ1) is 15.7. The zero-order valence-electron chi connectivity index (χ0n) is 19.7. The molecule has 1 aliphatic heterocycles. The third kappa shape index (κ3) is 5.41. The fourth-order valence-electron chi connectivity index (χ4n) is 3.60. The van der Waals surface area contributed by atoms with E-state index < -0.39 is 49.4 Å². The first kappa shape index (κ1) is 26.1. The van der Waals surface area contributed by atoms with Crippen LogP contribution in [0.3, 0.4) is 0 Å². The van der Waals surface area contributed by atoms with E-state index in [1.54, 1.807) is 34.6 Å². The highest BCUT2D eigenvalue weighted by Gasteiger charge is 2.32. The Morgan fingerprint density at radius 3 is 1.91 bits per heavy atom. The van der Waals surface area contributed by atoms with Crippen LogP contribution in [-0.2, 0) is 21.3 Å². The van der Waals surface area contributed by atoms with Gasteiger partial charge in [0.25, 0.3) is 0 Å². The molecule has 188 valence electrons. The standard InChI is InChI=1S/C23H29F4N3O3S/c1-13-11-30(12-14(2)33-13)22-19(26)17(24)21(18(25)20(22)27)28-10-15-6-8-16(9-7-15)29-34(31,32)23(3,4)5/h6-9,13-14,28-29H,10-12H2,1-5H3. The minimum atomic E-state index is -3.62. The molecule has 2 atom stereocenters. The lowest BCUT2D eigenvalue weighted by atomic mass is 10.1. The van der Waals surface area contributed by atoms with Gasteiger partial charge in [-0.1, -0.05) is 12.1 Å². The first-order valence-corrected chi connectivity index (χ1v) is 12.3. The fourth-order valence-corrected chi connectivity index (χ4v) is 4.36. The number of benzene rings is 2. The molecule has 2 aromatic rings. The molecule has 0 radical (unpaired) electrons. The van der Waals surface area contributed by atoms with Gasteiger partial charge < -0.3 is 15.0 Å². The number of rotatable bonds is 6. The summed E-state index contributed by atoms with van der Waals surface area (Å²) in [6.45, 7) is 8.12. The maximum absolute atomic E-state index is 14.8. The van der Waals surface area contributed by atoms with Crippen molar-refractivity contribution >= 4 is 27.1 Å². The summed E-state index contributed by atoms with van der Waals surface area (Å²) >= 11 is 0. The lowest BCUT2D eigenvalue weighted by Gasteiger charge is -2.37. The predicted molar refractivity (Wildman–Crippen MR) is 125 cm³/mol. The highest BCUT2D eigenvalue weighted by atomic mass is 32.2. The summed E-state index contributed by atoms with van der Waals surface area (Å²) < 4.78 is 90.5. The quantitative estimate of drug-likeness (QED) is 0.429. The molecule has 0 aliphatic carbocycles. The Morgan fingerprint density at radius 1 is 0.941 bits per heavy atom. The van der Waals surface area contributed by atoms with E-state index in [4.69, 9.17) is 4.74 Å². The summed E-state index contributed by atoms with van der Waals surface area (Å²) in [5, 5.41) is 2.41. The molecule has 0 aromatic heterocycles. The predicted octanol–water partition coefficient (Wildman–Crippen LogP) is 5.01. The number of halogens is 4. The second kappa shape index (κ2) is 9.61. The number of sulfonamides is 1. The van der Waals surface area contributed by atoms with Crippen molar-refractivity contribution in [2.75, 3.05) is 28.0 Å². The zero-order chi connectivity index (χ0) is 25.4. The molecule has 11 heteroatoms. The molecule has 6 nitrogen and oxygen atoms in total. The topological polar surface area (TPSA) is 70.7 Å². The molecular formula is C23H29F4N3O3S. The van der Waals surface area contributed by atoms with E-state index in [1.165, 1.54) is 29.2 Å². The summed E-state index contributed by atoms with van der Waals surface area (Å²) in [5.74, 6) is -5.99.